The standard InChI is InChI=1S/C16H19N3O4/c1-9-12(10(2)19(3)18-9)8-15(20)17-13-6-5-11(16(21)22)7-14(13)23-4/h5-7H,8H2,1-4H3,(H,17,20)(H,21,22). The number of benzene rings is 1. The van der Waals surface area contributed by atoms with E-state index in [2.05, 4.69) is 10.4 Å². The predicted octanol–water partition coefficient (Wildman–Crippen LogP) is 1.92. The fraction of sp³-hybridized carbons (Fsp3) is 0.312. The molecule has 7 nitrogen and oxygen atoms in total. The summed E-state index contributed by atoms with van der Waals surface area (Å²) >= 11 is 0. The van der Waals surface area contributed by atoms with Crippen molar-refractivity contribution in [1.29, 1.82) is 0 Å². The molecule has 0 bridgehead atoms. The second-order valence-electron chi connectivity index (χ2n) is 5.22. The molecule has 7 heteroatoms. The Morgan fingerprint density at radius 2 is 2.04 bits per heavy atom. The van der Waals surface area contributed by atoms with E-state index in [1.807, 2.05) is 20.9 Å². The number of ether oxygens (including phenoxy) is 1. The van der Waals surface area contributed by atoms with E-state index in [4.69, 9.17) is 9.84 Å². The molecule has 1 amide bonds. The van der Waals surface area contributed by atoms with Crippen molar-refractivity contribution in [2.45, 2.75) is 20.3 Å². The van der Waals surface area contributed by atoms with Crippen molar-refractivity contribution in [2.24, 2.45) is 7.05 Å². The van der Waals surface area contributed by atoms with Crippen LogP contribution in [0.5, 0.6) is 5.75 Å². The van der Waals surface area contributed by atoms with Gasteiger partial charge < -0.3 is 15.2 Å². The van der Waals surface area contributed by atoms with E-state index in [0.29, 0.717) is 11.4 Å². The van der Waals surface area contributed by atoms with Crippen molar-refractivity contribution >= 4 is 17.6 Å². The maximum Gasteiger partial charge on any atom is 0.335 e. The van der Waals surface area contributed by atoms with Crippen molar-refractivity contribution < 1.29 is 19.4 Å². The van der Waals surface area contributed by atoms with Crippen LogP contribution in [0.4, 0.5) is 5.69 Å². The molecule has 1 aromatic heterocycles. The first-order chi connectivity index (χ1) is 10.8. The topological polar surface area (TPSA) is 93.4 Å². The molecule has 0 unspecified atom stereocenters. The number of carboxylic acids is 1. The summed E-state index contributed by atoms with van der Waals surface area (Å²) in [6, 6.07) is 4.31. The second-order valence-corrected chi connectivity index (χ2v) is 5.22. The number of anilines is 1. The minimum atomic E-state index is -1.05. The molecule has 2 rings (SSSR count). The Hall–Kier alpha value is -2.83. The molecule has 23 heavy (non-hydrogen) atoms. The third kappa shape index (κ3) is 3.50. The van der Waals surface area contributed by atoms with Crippen LogP contribution in [0.2, 0.25) is 0 Å². The molecular weight excluding hydrogens is 298 g/mol. The summed E-state index contributed by atoms with van der Waals surface area (Å²) in [5.41, 5.74) is 3.16. The van der Waals surface area contributed by atoms with Crippen LogP contribution in [0.15, 0.2) is 18.2 Å². The van der Waals surface area contributed by atoms with Gasteiger partial charge in [-0.05, 0) is 32.0 Å². The van der Waals surface area contributed by atoms with Crippen LogP contribution < -0.4 is 10.1 Å². The van der Waals surface area contributed by atoms with Crippen LogP contribution >= 0.6 is 0 Å². The molecule has 0 aliphatic carbocycles. The zero-order valence-electron chi connectivity index (χ0n) is 13.5. The third-order valence-electron chi connectivity index (χ3n) is 3.72. The summed E-state index contributed by atoms with van der Waals surface area (Å²) < 4.78 is 6.88. The van der Waals surface area contributed by atoms with Gasteiger partial charge in [0.1, 0.15) is 5.75 Å². The molecular formula is C16H19N3O4. The van der Waals surface area contributed by atoms with Crippen LogP contribution in [-0.4, -0.2) is 33.9 Å². The lowest BCUT2D eigenvalue weighted by Crippen LogP contribution is -2.16. The Morgan fingerprint density at radius 3 is 2.57 bits per heavy atom. The Labute approximate surface area is 133 Å². The van der Waals surface area contributed by atoms with Crippen LogP contribution in [0.1, 0.15) is 27.3 Å². The highest BCUT2D eigenvalue weighted by Gasteiger charge is 2.16. The minimum Gasteiger partial charge on any atom is -0.495 e. The minimum absolute atomic E-state index is 0.0961. The Bertz CT molecular complexity index is 765. The molecule has 2 aromatic rings. The van der Waals surface area contributed by atoms with Gasteiger partial charge in [-0.1, -0.05) is 0 Å². The summed E-state index contributed by atoms with van der Waals surface area (Å²) in [5, 5.41) is 16.0. The third-order valence-corrected chi connectivity index (χ3v) is 3.72. The Balaban J connectivity index is 2.18. The van der Waals surface area contributed by atoms with Gasteiger partial charge in [0, 0.05) is 18.3 Å². The van der Waals surface area contributed by atoms with Gasteiger partial charge in [0.05, 0.1) is 30.5 Å². The van der Waals surface area contributed by atoms with Gasteiger partial charge in [0.15, 0.2) is 0 Å². The lowest BCUT2D eigenvalue weighted by Gasteiger charge is -2.11. The van der Waals surface area contributed by atoms with Crippen molar-refractivity contribution in [3.05, 3.63) is 40.7 Å². The van der Waals surface area contributed by atoms with Crippen molar-refractivity contribution in [3.8, 4) is 5.75 Å². The number of carbonyl (C=O) groups is 2. The zero-order chi connectivity index (χ0) is 17.1. The van der Waals surface area contributed by atoms with Crippen molar-refractivity contribution in [2.75, 3.05) is 12.4 Å². The molecule has 0 saturated heterocycles. The number of hydrogen-bond acceptors (Lipinski definition) is 4. The van der Waals surface area contributed by atoms with E-state index in [9.17, 15) is 9.59 Å². The van der Waals surface area contributed by atoms with E-state index in [0.717, 1.165) is 17.0 Å². The Morgan fingerprint density at radius 1 is 1.35 bits per heavy atom. The highest BCUT2D eigenvalue weighted by atomic mass is 16.5. The molecule has 0 atom stereocenters. The first-order valence-electron chi connectivity index (χ1n) is 7.03. The molecule has 2 N–H and O–H groups in total. The number of nitrogens with zero attached hydrogens (tertiary/aromatic N) is 2. The molecule has 0 saturated carbocycles. The van der Waals surface area contributed by atoms with Crippen LogP contribution in [0.25, 0.3) is 0 Å². The first-order valence-corrected chi connectivity index (χ1v) is 7.03. The summed E-state index contributed by atoms with van der Waals surface area (Å²) in [4.78, 5) is 23.2. The number of rotatable bonds is 5. The smallest absolute Gasteiger partial charge is 0.335 e. The van der Waals surface area contributed by atoms with Crippen LogP contribution in [0.3, 0.4) is 0 Å². The highest BCUT2D eigenvalue weighted by molar-refractivity contribution is 5.95. The van der Waals surface area contributed by atoms with Crippen LogP contribution in [0, 0.1) is 13.8 Å². The average Bonchev–Trinajstić information content (AvgIpc) is 2.73. The summed E-state index contributed by atoms with van der Waals surface area (Å²) in [5.74, 6) is -0.966. The molecule has 1 aromatic carbocycles. The van der Waals surface area contributed by atoms with Gasteiger partial charge in [0.2, 0.25) is 5.91 Å². The molecule has 0 radical (unpaired) electrons. The van der Waals surface area contributed by atoms with Crippen LogP contribution in [-0.2, 0) is 18.3 Å². The number of methoxy groups -OCH3 is 1. The van der Waals surface area contributed by atoms with Gasteiger partial charge in [-0.15, -0.1) is 0 Å². The highest BCUT2D eigenvalue weighted by Crippen LogP contribution is 2.26. The van der Waals surface area contributed by atoms with Gasteiger partial charge in [0.25, 0.3) is 0 Å². The molecule has 0 aliphatic heterocycles. The molecule has 122 valence electrons. The lowest BCUT2D eigenvalue weighted by molar-refractivity contribution is -0.115. The molecule has 0 fully saturated rings. The van der Waals surface area contributed by atoms with Gasteiger partial charge in [-0.25, -0.2) is 4.79 Å². The van der Waals surface area contributed by atoms with Gasteiger partial charge in [-0.2, -0.15) is 5.10 Å². The van der Waals surface area contributed by atoms with E-state index in [1.165, 1.54) is 25.3 Å². The zero-order valence-corrected chi connectivity index (χ0v) is 13.5. The SMILES string of the molecule is COc1cc(C(=O)O)ccc1NC(=O)Cc1c(C)nn(C)c1C. The molecule has 0 spiro atoms. The lowest BCUT2D eigenvalue weighted by atomic mass is 10.1. The van der Waals surface area contributed by atoms with E-state index < -0.39 is 5.97 Å². The number of carbonyl (C=O) groups excluding carboxylic acids is 1. The Kier molecular flexibility index (Phi) is 4.68. The molecule has 0 aliphatic rings. The summed E-state index contributed by atoms with van der Waals surface area (Å²) in [6.45, 7) is 3.77. The summed E-state index contributed by atoms with van der Waals surface area (Å²) in [6.07, 6.45) is 0.190. The second kappa shape index (κ2) is 6.51. The maximum atomic E-state index is 12.3. The number of nitrogens with one attached hydrogen (secondary N) is 1. The number of amides is 1. The molecule has 1 heterocycles. The van der Waals surface area contributed by atoms with Gasteiger partial charge in [-0.3, -0.25) is 9.48 Å². The summed E-state index contributed by atoms with van der Waals surface area (Å²) in [7, 11) is 3.25. The normalized spacial score (nSPS) is 10.4. The number of hydrogen-bond donors (Lipinski definition) is 2. The predicted molar refractivity (Wildman–Crippen MR) is 85.0 cm³/mol. The monoisotopic (exact) mass is 317 g/mol. The van der Waals surface area contributed by atoms with Crippen molar-refractivity contribution in [3.63, 3.8) is 0 Å². The first kappa shape index (κ1) is 16.5. The van der Waals surface area contributed by atoms with E-state index >= 15 is 0 Å². The fourth-order valence-corrected chi connectivity index (χ4v) is 2.36. The van der Waals surface area contributed by atoms with Gasteiger partial charge >= 0.3 is 5.97 Å². The number of aromatic nitrogens is 2. The van der Waals surface area contributed by atoms with E-state index in [1.54, 1.807) is 4.68 Å². The van der Waals surface area contributed by atoms with E-state index in [-0.39, 0.29) is 17.9 Å². The quantitative estimate of drug-likeness (QED) is 0.879. The number of aromatic carboxylic acids is 1. The maximum absolute atomic E-state index is 12.3. The number of aryl methyl sites for hydroxylation is 2. The largest absolute Gasteiger partial charge is 0.495 e. The number of carboxylic acid groups (broad SMARTS) is 1. The van der Waals surface area contributed by atoms with Crippen molar-refractivity contribution in [1.82, 2.24) is 9.78 Å². The fourth-order valence-electron chi connectivity index (χ4n) is 2.36. The average molecular weight is 317 g/mol.